The molecule has 2 nitrogen and oxygen atoms in total. The highest BCUT2D eigenvalue weighted by Crippen LogP contribution is 2.38. The van der Waals surface area contributed by atoms with Crippen LogP contribution in [-0.2, 0) is 10.2 Å². The van der Waals surface area contributed by atoms with Gasteiger partial charge >= 0.3 is 5.97 Å². The monoisotopic (exact) mass is 226 g/mol. The molecule has 0 radical (unpaired) electrons. The van der Waals surface area contributed by atoms with Gasteiger partial charge in [0.15, 0.2) is 0 Å². The molecule has 0 aromatic carbocycles. The number of thiophene rings is 1. The van der Waals surface area contributed by atoms with Crippen LogP contribution in [0.2, 0.25) is 0 Å². The SMILES string of the molecule is CC(C)C(C)(CCC(=O)O)c1cccs1. The first-order valence-electron chi connectivity index (χ1n) is 5.22. The van der Waals surface area contributed by atoms with Crippen molar-refractivity contribution >= 4 is 17.3 Å². The highest BCUT2D eigenvalue weighted by atomic mass is 32.1. The fraction of sp³-hybridized carbons (Fsp3) is 0.583. The summed E-state index contributed by atoms with van der Waals surface area (Å²) in [5.74, 6) is -0.256. The van der Waals surface area contributed by atoms with E-state index in [1.165, 1.54) is 4.88 Å². The minimum atomic E-state index is -0.710. The molecule has 1 N–H and O–H groups in total. The summed E-state index contributed by atoms with van der Waals surface area (Å²) in [6, 6.07) is 4.13. The first kappa shape index (κ1) is 12.2. The molecule has 0 saturated heterocycles. The van der Waals surface area contributed by atoms with E-state index in [0.717, 1.165) is 0 Å². The van der Waals surface area contributed by atoms with E-state index in [4.69, 9.17) is 5.11 Å². The Kier molecular flexibility index (Phi) is 3.91. The minimum absolute atomic E-state index is 0.00738. The summed E-state index contributed by atoms with van der Waals surface area (Å²) in [6.45, 7) is 6.47. The maximum atomic E-state index is 10.6. The summed E-state index contributed by atoms with van der Waals surface area (Å²) in [7, 11) is 0. The third kappa shape index (κ3) is 2.81. The predicted octanol–water partition coefficient (Wildman–Crippen LogP) is 3.53. The van der Waals surface area contributed by atoms with Gasteiger partial charge in [0.2, 0.25) is 0 Å². The van der Waals surface area contributed by atoms with Crippen molar-refractivity contribution < 1.29 is 9.90 Å². The van der Waals surface area contributed by atoms with Gasteiger partial charge in [0.05, 0.1) is 0 Å². The fourth-order valence-electron chi connectivity index (χ4n) is 1.67. The van der Waals surface area contributed by atoms with E-state index in [1.807, 2.05) is 6.07 Å². The Morgan fingerprint density at radius 1 is 1.60 bits per heavy atom. The molecule has 1 aromatic rings. The van der Waals surface area contributed by atoms with Crippen molar-refractivity contribution in [3.8, 4) is 0 Å². The van der Waals surface area contributed by atoms with E-state index in [1.54, 1.807) is 11.3 Å². The van der Waals surface area contributed by atoms with Crippen LogP contribution >= 0.6 is 11.3 Å². The van der Waals surface area contributed by atoms with Crippen molar-refractivity contribution in [2.24, 2.45) is 5.92 Å². The van der Waals surface area contributed by atoms with Gasteiger partial charge in [-0.3, -0.25) is 4.79 Å². The van der Waals surface area contributed by atoms with Crippen molar-refractivity contribution in [1.82, 2.24) is 0 Å². The molecule has 1 aromatic heterocycles. The minimum Gasteiger partial charge on any atom is -0.481 e. The van der Waals surface area contributed by atoms with Gasteiger partial charge in [0, 0.05) is 16.7 Å². The van der Waals surface area contributed by atoms with Gasteiger partial charge in [0.25, 0.3) is 0 Å². The quantitative estimate of drug-likeness (QED) is 0.834. The van der Waals surface area contributed by atoms with Crippen molar-refractivity contribution in [3.63, 3.8) is 0 Å². The average Bonchev–Trinajstić information content (AvgIpc) is 2.66. The second-order valence-corrected chi connectivity index (χ2v) is 5.39. The van der Waals surface area contributed by atoms with E-state index in [-0.39, 0.29) is 11.8 Å². The maximum Gasteiger partial charge on any atom is 0.303 e. The molecule has 1 rings (SSSR count). The smallest absolute Gasteiger partial charge is 0.303 e. The van der Waals surface area contributed by atoms with E-state index in [9.17, 15) is 4.79 Å². The fourth-order valence-corrected chi connectivity index (χ4v) is 2.73. The van der Waals surface area contributed by atoms with Gasteiger partial charge in [-0.2, -0.15) is 0 Å². The maximum absolute atomic E-state index is 10.6. The van der Waals surface area contributed by atoms with E-state index in [0.29, 0.717) is 12.3 Å². The molecule has 0 aliphatic heterocycles. The molecule has 1 heterocycles. The highest BCUT2D eigenvalue weighted by molar-refractivity contribution is 7.10. The van der Waals surface area contributed by atoms with Gasteiger partial charge in [-0.15, -0.1) is 11.3 Å². The molecule has 1 atom stereocenters. The molecule has 0 amide bonds. The zero-order valence-corrected chi connectivity index (χ0v) is 10.3. The second-order valence-electron chi connectivity index (χ2n) is 4.44. The van der Waals surface area contributed by atoms with Crippen LogP contribution in [0.3, 0.4) is 0 Å². The summed E-state index contributed by atoms with van der Waals surface area (Å²) in [4.78, 5) is 11.9. The van der Waals surface area contributed by atoms with Crippen molar-refractivity contribution in [1.29, 1.82) is 0 Å². The number of carboxylic acids is 1. The largest absolute Gasteiger partial charge is 0.481 e. The zero-order chi connectivity index (χ0) is 11.5. The lowest BCUT2D eigenvalue weighted by Crippen LogP contribution is -2.28. The molecule has 0 aliphatic carbocycles. The van der Waals surface area contributed by atoms with E-state index < -0.39 is 5.97 Å². The summed E-state index contributed by atoms with van der Waals surface area (Å²) >= 11 is 1.72. The molecule has 3 heteroatoms. The lowest BCUT2D eigenvalue weighted by molar-refractivity contribution is -0.137. The average molecular weight is 226 g/mol. The number of hydrogen-bond donors (Lipinski definition) is 1. The molecule has 0 bridgehead atoms. The number of rotatable bonds is 5. The van der Waals surface area contributed by atoms with Crippen molar-refractivity contribution in [2.45, 2.75) is 39.0 Å². The van der Waals surface area contributed by atoms with Crippen LogP contribution in [0.15, 0.2) is 17.5 Å². The molecular formula is C12H18O2S. The Bertz CT molecular complexity index is 316. The van der Waals surface area contributed by atoms with Gasteiger partial charge in [-0.05, 0) is 23.8 Å². The Hall–Kier alpha value is -0.830. The van der Waals surface area contributed by atoms with Gasteiger partial charge in [-0.1, -0.05) is 26.8 Å². The Morgan fingerprint density at radius 3 is 2.67 bits per heavy atom. The topological polar surface area (TPSA) is 37.3 Å². The van der Waals surface area contributed by atoms with Crippen LogP contribution in [0.25, 0.3) is 0 Å². The van der Waals surface area contributed by atoms with Crippen molar-refractivity contribution in [3.05, 3.63) is 22.4 Å². The lowest BCUT2D eigenvalue weighted by Gasteiger charge is -2.32. The summed E-state index contributed by atoms with van der Waals surface area (Å²) in [5.41, 5.74) is -0.00738. The summed E-state index contributed by atoms with van der Waals surface area (Å²) in [6.07, 6.45) is 0.951. The van der Waals surface area contributed by atoms with Crippen LogP contribution in [0, 0.1) is 5.92 Å². The number of hydrogen-bond acceptors (Lipinski definition) is 2. The molecule has 0 aliphatic rings. The number of carbonyl (C=O) groups is 1. The van der Waals surface area contributed by atoms with E-state index in [2.05, 4.69) is 32.2 Å². The van der Waals surface area contributed by atoms with Crippen LogP contribution in [0.4, 0.5) is 0 Å². The first-order valence-corrected chi connectivity index (χ1v) is 6.10. The second kappa shape index (κ2) is 4.79. The number of aliphatic carboxylic acids is 1. The lowest BCUT2D eigenvalue weighted by atomic mass is 9.74. The number of carboxylic acid groups (broad SMARTS) is 1. The van der Waals surface area contributed by atoms with Crippen molar-refractivity contribution in [2.75, 3.05) is 0 Å². The van der Waals surface area contributed by atoms with Crippen LogP contribution in [0.5, 0.6) is 0 Å². The molecule has 15 heavy (non-hydrogen) atoms. The van der Waals surface area contributed by atoms with Crippen LogP contribution in [0.1, 0.15) is 38.5 Å². The molecule has 84 valence electrons. The van der Waals surface area contributed by atoms with Crippen LogP contribution in [-0.4, -0.2) is 11.1 Å². The Morgan fingerprint density at radius 2 is 2.27 bits per heavy atom. The van der Waals surface area contributed by atoms with Crippen LogP contribution < -0.4 is 0 Å². The third-order valence-corrected chi connectivity index (χ3v) is 4.37. The van der Waals surface area contributed by atoms with E-state index >= 15 is 0 Å². The molecular weight excluding hydrogens is 208 g/mol. The molecule has 0 saturated carbocycles. The Labute approximate surface area is 94.9 Å². The van der Waals surface area contributed by atoms with Gasteiger partial charge in [0.1, 0.15) is 0 Å². The zero-order valence-electron chi connectivity index (χ0n) is 9.49. The predicted molar refractivity (Wildman–Crippen MR) is 63.4 cm³/mol. The normalized spacial score (nSPS) is 15.2. The summed E-state index contributed by atoms with van der Waals surface area (Å²) < 4.78 is 0. The van der Waals surface area contributed by atoms with Gasteiger partial charge < -0.3 is 5.11 Å². The summed E-state index contributed by atoms with van der Waals surface area (Å²) in [5, 5.41) is 10.8. The Balaban J connectivity index is 2.84. The third-order valence-electron chi connectivity index (χ3n) is 3.22. The molecule has 0 spiro atoms. The molecule has 1 unspecified atom stereocenters. The van der Waals surface area contributed by atoms with Gasteiger partial charge in [-0.25, -0.2) is 0 Å². The highest BCUT2D eigenvalue weighted by Gasteiger charge is 2.31. The molecule has 0 fully saturated rings. The standard InChI is InChI=1S/C12H18O2S/c1-9(2)12(3,7-6-11(13)14)10-5-4-8-15-10/h4-5,8-9H,6-7H2,1-3H3,(H,13,14). The first-order chi connectivity index (χ1) is 6.97.